The Morgan fingerprint density at radius 3 is 2.90 bits per heavy atom. The number of halogens is 1. The van der Waals surface area contributed by atoms with E-state index in [0.717, 1.165) is 0 Å². The van der Waals surface area contributed by atoms with Crippen molar-refractivity contribution in [1.29, 1.82) is 5.26 Å². The number of hydrogen-bond acceptors (Lipinski definition) is 3. The summed E-state index contributed by atoms with van der Waals surface area (Å²) in [6.45, 7) is 2.20. The first-order valence-corrected chi connectivity index (χ1v) is 6.62. The van der Waals surface area contributed by atoms with Gasteiger partial charge in [0.1, 0.15) is 17.7 Å². The van der Waals surface area contributed by atoms with E-state index in [4.69, 9.17) is 5.26 Å². The second kappa shape index (κ2) is 5.83. The van der Waals surface area contributed by atoms with Crippen LogP contribution < -0.4 is 4.90 Å². The molecule has 1 atom stereocenters. The molecule has 0 unspecified atom stereocenters. The minimum atomic E-state index is -0.651. The summed E-state index contributed by atoms with van der Waals surface area (Å²) in [5, 5.41) is 8.70. The standard InChI is InChI=1S/C15H15FN2O2/c1-2-14(19)12-4-3-7-18(15(12)20)11-6-5-10(9-17)13(16)8-11/h5-6,8,12H,2-4,7H2,1H3/t12-/m0/s1. The Morgan fingerprint density at radius 2 is 2.30 bits per heavy atom. The van der Waals surface area contributed by atoms with Crippen molar-refractivity contribution < 1.29 is 14.0 Å². The number of amides is 1. The van der Waals surface area contributed by atoms with E-state index in [1.807, 2.05) is 0 Å². The Kier molecular flexibility index (Phi) is 4.14. The molecule has 0 aromatic heterocycles. The Bertz CT molecular complexity index is 592. The Morgan fingerprint density at radius 1 is 1.55 bits per heavy atom. The van der Waals surface area contributed by atoms with E-state index in [0.29, 0.717) is 31.5 Å². The lowest BCUT2D eigenvalue weighted by atomic mass is 9.91. The number of piperidine rings is 1. The number of hydrogen-bond donors (Lipinski definition) is 0. The van der Waals surface area contributed by atoms with Gasteiger partial charge in [-0.05, 0) is 31.0 Å². The lowest BCUT2D eigenvalue weighted by Crippen LogP contribution is -2.44. The number of ketones is 1. The van der Waals surface area contributed by atoms with E-state index in [1.165, 1.54) is 17.0 Å². The fourth-order valence-corrected chi connectivity index (χ4v) is 2.44. The highest BCUT2D eigenvalue weighted by atomic mass is 19.1. The molecule has 1 aromatic rings. The second-order valence-electron chi connectivity index (χ2n) is 4.78. The molecule has 5 heteroatoms. The molecule has 1 amide bonds. The first-order valence-electron chi connectivity index (χ1n) is 6.62. The highest BCUT2D eigenvalue weighted by Gasteiger charge is 2.33. The van der Waals surface area contributed by atoms with Gasteiger partial charge in [-0.2, -0.15) is 5.26 Å². The third-order valence-corrected chi connectivity index (χ3v) is 3.56. The molecule has 104 valence electrons. The van der Waals surface area contributed by atoms with Gasteiger partial charge in [-0.1, -0.05) is 6.92 Å². The van der Waals surface area contributed by atoms with Crippen molar-refractivity contribution in [1.82, 2.24) is 0 Å². The van der Waals surface area contributed by atoms with Crippen LogP contribution in [0.25, 0.3) is 0 Å². The molecule has 1 heterocycles. The van der Waals surface area contributed by atoms with Gasteiger partial charge in [0.2, 0.25) is 5.91 Å². The molecule has 4 nitrogen and oxygen atoms in total. The van der Waals surface area contributed by atoms with Crippen molar-refractivity contribution in [2.45, 2.75) is 26.2 Å². The maximum atomic E-state index is 13.6. The summed E-state index contributed by atoms with van der Waals surface area (Å²) >= 11 is 0. The molecule has 1 aromatic carbocycles. The van der Waals surface area contributed by atoms with Crippen LogP contribution in [0.3, 0.4) is 0 Å². The van der Waals surface area contributed by atoms with E-state index in [9.17, 15) is 14.0 Å². The number of carbonyl (C=O) groups excluding carboxylic acids is 2. The summed E-state index contributed by atoms with van der Waals surface area (Å²) in [5.41, 5.74) is 0.347. The fourth-order valence-electron chi connectivity index (χ4n) is 2.44. The van der Waals surface area contributed by atoms with Gasteiger partial charge in [-0.15, -0.1) is 0 Å². The SMILES string of the molecule is CCC(=O)[C@@H]1CCCN(c2ccc(C#N)c(F)c2)C1=O. The van der Waals surface area contributed by atoms with Crippen LogP contribution in [0.2, 0.25) is 0 Å². The van der Waals surface area contributed by atoms with Crippen molar-refractivity contribution >= 4 is 17.4 Å². The second-order valence-corrected chi connectivity index (χ2v) is 4.78. The number of nitriles is 1. The van der Waals surface area contributed by atoms with Gasteiger partial charge in [0, 0.05) is 18.7 Å². The maximum Gasteiger partial charge on any atom is 0.237 e. The summed E-state index contributed by atoms with van der Waals surface area (Å²) in [5.74, 6) is -1.62. The van der Waals surface area contributed by atoms with Crippen LogP contribution in [0.1, 0.15) is 31.7 Å². The van der Waals surface area contributed by atoms with Gasteiger partial charge >= 0.3 is 0 Å². The summed E-state index contributed by atoms with van der Waals surface area (Å²) in [7, 11) is 0. The zero-order valence-electron chi connectivity index (χ0n) is 11.2. The summed E-state index contributed by atoms with van der Waals surface area (Å²) in [6.07, 6.45) is 1.59. The predicted octanol–water partition coefficient (Wildman–Crippen LogP) is 2.42. The van der Waals surface area contributed by atoms with E-state index in [2.05, 4.69) is 0 Å². The van der Waals surface area contributed by atoms with Gasteiger partial charge in [0.15, 0.2) is 0 Å². The quantitative estimate of drug-likeness (QED) is 0.795. The Balaban J connectivity index is 2.28. The fraction of sp³-hybridized carbons (Fsp3) is 0.400. The molecule has 0 spiro atoms. The number of carbonyl (C=O) groups is 2. The van der Waals surface area contributed by atoms with Gasteiger partial charge < -0.3 is 4.90 Å². The molecule has 0 radical (unpaired) electrons. The molecule has 0 N–H and O–H groups in total. The number of Topliss-reactive ketones (excluding diaryl/α,β-unsaturated/α-hetero) is 1. The molecule has 1 aliphatic rings. The summed E-state index contributed by atoms with van der Waals surface area (Å²) in [6, 6.07) is 5.81. The van der Waals surface area contributed by atoms with Gasteiger partial charge in [0.05, 0.1) is 11.5 Å². The molecular weight excluding hydrogens is 259 g/mol. The number of rotatable bonds is 3. The zero-order chi connectivity index (χ0) is 14.7. The van der Waals surface area contributed by atoms with Crippen LogP contribution >= 0.6 is 0 Å². The molecule has 1 aliphatic heterocycles. The molecule has 1 fully saturated rings. The Hall–Kier alpha value is -2.22. The van der Waals surface area contributed by atoms with Gasteiger partial charge in [-0.25, -0.2) is 4.39 Å². The van der Waals surface area contributed by atoms with Crippen molar-refractivity contribution in [3.8, 4) is 6.07 Å². The highest BCUT2D eigenvalue weighted by molar-refractivity contribution is 6.08. The molecule has 20 heavy (non-hydrogen) atoms. The van der Waals surface area contributed by atoms with Crippen molar-refractivity contribution in [3.63, 3.8) is 0 Å². The highest BCUT2D eigenvalue weighted by Crippen LogP contribution is 2.27. The smallest absolute Gasteiger partial charge is 0.237 e. The van der Waals surface area contributed by atoms with Crippen LogP contribution in [0.15, 0.2) is 18.2 Å². The monoisotopic (exact) mass is 274 g/mol. The van der Waals surface area contributed by atoms with E-state index in [-0.39, 0.29) is 17.3 Å². The average molecular weight is 274 g/mol. The predicted molar refractivity (Wildman–Crippen MR) is 71.5 cm³/mol. The average Bonchev–Trinajstić information content (AvgIpc) is 2.46. The topological polar surface area (TPSA) is 61.2 Å². The first-order chi connectivity index (χ1) is 9.58. The minimum absolute atomic E-state index is 0.0561. The number of nitrogens with zero attached hydrogens (tertiary/aromatic N) is 2. The third kappa shape index (κ3) is 2.55. The zero-order valence-corrected chi connectivity index (χ0v) is 11.2. The molecule has 0 saturated carbocycles. The van der Waals surface area contributed by atoms with Crippen molar-refractivity contribution in [2.24, 2.45) is 5.92 Å². The van der Waals surface area contributed by atoms with Crippen molar-refractivity contribution in [3.05, 3.63) is 29.6 Å². The van der Waals surface area contributed by atoms with Crippen LogP contribution in [0.4, 0.5) is 10.1 Å². The van der Waals surface area contributed by atoms with Gasteiger partial charge in [0.25, 0.3) is 0 Å². The van der Waals surface area contributed by atoms with Gasteiger partial charge in [-0.3, -0.25) is 9.59 Å². The third-order valence-electron chi connectivity index (χ3n) is 3.56. The van der Waals surface area contributed by atoms with E-state index >= 15 is 0 Å². The van der Waals surface area contributed by atoms with E-state index < -0.39 is 11.7 Å². The van der Waals surface area contributed by atoms with E-state index in [1.54, 1.807) is 19.1 Å². The molecule has 2 rings (SSSR count). The molecule has 1 saturated heterocycles. The molecule has 0 bridgehead atoms. The molecular formula is C15H15FN2O2. The summed E-state index contributed by atoms with van der Waals surface area (Å²) < 4.78 is 13.6. The van der Waals surface area contributed by atoms with Crippen LogP contribution in [-0.4, -0.2) is 18.2 Å². The maximum absolute atomic E-state index is 13.6. The summed E-state index contributed by atoms with van der Waals surface area (Å²) in [4.78, 5) is 25.5. The molecule has 0 aliphatic carbocycles. The normalized spacial score (nSPS) is 18.8. The number of benzene rings is 1. The lowest BCUT2D eigenvalue weighted by Gasteiger charge is -2.31. The van der Waals surface area contributed by atoms with Crippen LogP contribution in [-0.2, 0) is 9.59 Å². The number of anilines is 1. The lowest BCUT2D eigenvalue weighted by molar-refractivity contribution is -0.133. The van der Waals surface area contributed by atoms with Crippen LogP contribution in [0.5, 0.6) is 0 Å². The minimum Gasteiger partial charge on any atom is -0.312 e. The largest absolute Gasteiger partial charge is 0.312 e. The van der Waals surface area contributed by atoms with Crippen molar-refractivity contribution in [2.75, 3.05) is 11.4 Å². The Labute approximate surface area is 116 Å². The first kappa shape index (κ1) is 14.2. The van der Waals surface area contributed by atoms with Crippen LogP contribution in [0, 0.1) is 23.1 Å².